The van der Waals surface area contributed by atoms with Gasteiger partial charge in [-0.05, 0) is 45.2 Å². The van der Waals surface area contributed by atoms with Crippen LogP contribution in [0.2, 0.25) is 0 Å². The van der Waals surface area contributed by atoms with E-state index in [1.165, 1.54) is 32.4 Å². The van der Waals surface area contributed by atoms with Crippen LogP contribution in [0.1, 0.15) is 33.1 Å². The van der Waals surface area contributed by atoms with Gasteiger partial charge in [-0.2, -0.15) is 0 Å². The van der Waals surface area contributed by atoms with Gasteiger partial charge >= 0.3 is 0 Å². The Hall–Kier alpha value is -0.120. The molecule has 0 spiro atoms. The van der Waals surface area contributed by atoms with Crippen LogP contribution in [0.4, 0.5) is 0 Å². The van der Waals surface area contributed by atoms with Gasteiger partial charge in [0.05, 0.1) is 12.2 Å². The quantitative estimate of drug-likeness (QED) is 0.786. The second-order valence-electron chi connectivity index (χ2n) is 5.78. The first-order valence-electron chi connectivity index (χ1n) is 6.75. The predicted molar refractivity (Wildman–Crippen MR) is 66.7 cm³/mol. The second-order valence-corrected chi connectivity index (χ2v) is 5.78. The lowest BCUT2D eigenvalue weighted by atomic mass is 10.0. The lowest BCUT2D eigenvalue weighted by Crippen LogP contribution is -2.59. The first-order chi connectivity index (χ1) is 7.68. The smallest absolute Gasteiger partial charge is 0.0902 e. The van der Waals surface area contributed by atoms with Crippen molar-refractivity contribution in [2.45, 2.75) is 38.7 Å². The van der Waals surface area contributed by atoms with E-state index in [9.17, 15) is 0 Å². The van der Waals surface area contributed by atoms with Crippen molar-refractivity contribution in [3.05, 3.63) is 0 Å². The molecule has 0 radical (unpaired) electrons. The summed E-state index contributed by atoms with van der Waals surface area (Å²) >= 11 is 0. The Kier molecular flexibility index (Phi) is 4.22. The Balaban J connectivity index is 1.61. The fourth-order valence-electron chi connectivity index (χ4n) is 2.55. The van der Waals surface area contributed by atoms with Gasteiger partial charge in [0.2, 0.25) is 0 Å². The number of nitrogens with zero attached hydrogens (tertiary/aromatic N) is 1. The van der Waals surface area contributed by atoms with Gasteiger partial charge in [-0.15, -0.1) is 0 Å². The highest BCUT2D eigenvalue weighted by Gasteiger charge is 2.32. The molecule has 2 rings (SSSR count). The molecule has 2 aliphatic heterocycles. The van der Waals surface area contributed by atoms with Gasteiger partial charge in [-0.1, -0.05) is 6.92 Å². The number of nitrogens with one attached hydrogen (secondary N) is 1. The van der Waals surface area contributed by atoms with Gasteiger partial charge in [-0.25, -0.2) is 0 Å². The fourth-order valence-corrected chi connectivity index (χ4v) is 2.55. The van der Waals surface area contributed by atoms with E-state index in [1.807, 2.05) is 0 Å². The number of hydrogen-bond acceptors (Lipinski definition) is 3. The first-order valence-corrected chi connectivity index (χ1v) is 6.75. The minimum Gasteiger partial charge on any atom is -0.371 e. The Morgan fingerprint density at radius 1 is 1.31 bits per heavy atom. The molecule has 1 atom stereocenters. The zero-order valence-electron chi connectivity index (χ0n) is 10.8. The van der Waals surface area contributed by atoms with E-state index in [-0.39, 0.29) is 5.60 Å². The van der Waals surface area contributed by atoms with Crippen LogP contribution in [0.5, 0.6) is 0 Å². The molecule has 3 nitrogen and oxygen atoms in total. The van der Waals surface area contributed by atoms with Gasteiger partial charge in [0.15, 0.2) is 0 Å². The SMILES string of the molecule is CC1CCCN(CCOC2(C)CNC2)CC1. The minimum absolute atomic E-state index is 0.124. The molecule has 2 saturated heterocycles. The van der Waals surface area contributed by atoms with Crippen LogP contribution in [0, 0.1) is 5.92 Å². The Labute approximate surface area is 99.5 Å². The van der Waals surface area contributed by atoms with Gasteiger partial charge < -0.3 is 15.0 Å². The van der Waals surface area contributed by atoms with Crippen molar-refractivity contribution in [3.8, 4) is 0 Å². The summed E-state index contributed by atoms with van der Waals surface area (Å²) in [6, 6.07) is 0. The van der Waals surface area contributed by atoms with Crippen LogP contribution in [-0.2, 0) is 4.74 Å². The van der Waals surface area contributed by atoms with Crippen molar-refractivity contribution in [1.82, 2.24) is 10.2 Å². The van der Waals surface area contributed by atoms with Crippen LogP contribution in [0.3, 0.4) is 0 Å². The lowest BCUT2D eigenvalue weighted by Gasteiger charge is -2.39. The van der Waals surface area contributed by atoms with Gasteiger partial charge in [0.1, 0.15) is 0 Å². The largest absolute Gasteiger partial charge is 0.371 e. The van der Waals surface area contributed by atoms with Crippen LogP contribution in [-0.4, -0.2) is 49.8 Å². The monoisotopic (exact) mass is 226 g/mol. The maximum Gasteiger partial charge on any atom is 0.0902 e. The third-order valence-corrected chi connectivity index (χ3v) is 3.97. The van der Waals surface area contributed by atoms with Crippen LogP contribution in [0.15, 0.2) is 0 Å². The summed E-state index contributed by atoms with van der Waals surface area (Å²) in [5.74, 6) is 0.916. The molecule has 16 heavy (non-hydrogen) atoms. The molecule has 0 aliphatic carbocycles. The van der Waals surface area contributed by atoms with E-state index >= 15 is 0 Å². The van der Waals surface area contributed by atoms with Crippen molar-refractivity contribution < 1.29 is 4.74 Å². The topological polar surface area (TPSA) is 24.5 Å². The standard InChI is InChI=1S/C13H26N2O/c1-12-4-3-6-15(7-5-12)8-9-16-13(2)10-14-11-13/h12,14H,3-11H2,1-2H3. The molecule has 0 aromatic heterocycles. The molecule has 2 fully saturated rings. The van der Waals surface area contributed by atoms with Crippen molar-refractivity contribution in [1.29, 1.82) is 0 Å². The molecule has 0 saturated carbocycles. The third-order valence-electron chi connectivity index (χ3n) is 3.97. The summed E-state index contributed by atoms with van der Waals surface area (Å²) in [6.07, 6.45) is 4.12. The van der Waals surface area contributed by atoms with Crippen molar-refractivity contribution >= 4 is 0 Å². The Bertz CT molecular complexity index is 216. The van der Waals surface area contributed by atoms with Crippen LogP contribution in [0.25, 0.3) is 0 Å². The van der Waals surface area contributed by atoms with Crippen molar-refractivity contribution in [2.75, 3.05) is 39.3 Å². The molecular weight excluding hydrogens is 200 g/mol. The zero-order chi connectivity index (χ0) is 11.4. The normalized spacial score (nSPS) is 30.8. The zero-order valence-corrected chi connectivity index (χ0v) is 10.8. The molecule has 1 unspecified atom stereocenters. The number of likely N-dealkylation sites (tertiary alicyclic amines) is 1. The van der Waals surface area contributed by atoms with E-state index < -0.39 is 0 Å². The van der Waals surface area contributed by atoms with E-state index in [0.29, 0.717) is 0 Å². The van der Waals surface area contributed by atoms with Crippen molar-refractivity contribution in [2.24, 2.45) is 5.92 Å². The minimum atomic E-state index is 0.124. The molecule has 0 aromatic carbocycles. The van der Waals surface area contributed by atoms with E-state index in [4.69, 9.17) is 4.74 Å². The van der Waals surface area contributed by atoms with E-state index in [1.54, 1.807) is 0 Å². The fraction of sp³-hybridized carbons (Fsp3) is 1.00. The number of rotatable bonds is 4. The Morgan fingerprint density at radius 2 is 2.12 bits per heavy atom. The van der Waals surface area contributed by atoms with Gasteiger partial charge in [0, 0.05) is 19.6 Å². The predicted octanol–water partition coefficient (Wildman–Crippen LogP) is 1.49. The van der Waals surface area contributed by atoms with Crippen LogP contribution < -0.4 is 5.32 Å². The highest BCUT2D eigenvalue weighted by Crippen LogP contribution is 2.17. The summed E-state index contributed by atoms with van der Waals surface area (Å²) in [5.41, 5.74) is 0.124. The molecule has 2 heterocycles. The summed E-state index contributed by atoms with van der Waals surface area (Å²) in [5, 5.41) is 3.27. The summed E-state index contributed by atoms with van der Waals surface area (Å²) in [4.78, 5) is 2.57. The lowest BCUT2D eigenvalue weighted by molar-refractivity contribution is -0.0720. The second kappa shape index (κ2) is 5.48. The van der Waals surface area contributed by atoms with E-state index in [0.717, 1.165) is 32.2 Å². The molecule has 1 N–H and O–H groups in total. The van der Waals surface area contributed by atoms with Crippen molar-refractivity contribution in [3.63, 3.8) is 0 Å². The highest BCUT2D eigenvalue weighted by atomic mass is 16.5. The molecule has 2 aliphatic rings. The molecule has 0 aromatic rings. The summed E-state index contributed by atoms with van der Waals surface area (Å²) in [7, 11) is 0. The maximum absolute atomic E-state index is 5.93. The molecule has 0 amide bonds. The third kappa shape index (κ3) is 3.44. The average molecular weight is 226 g/mol. The molecule has 0 bridgehead atoms. The summed E-state index contributed by atoms with van der Waals surface area (Å²) in [6.45, 7) is 11.2. The molecule has 94 valence electrons. The molecule has 3 heteroatoms. The average Bonchev–Trinajstić information content (AvgIpc) is 2.41. The maximum atomic E-state index is 5.93. The highest BCUT2D eigenvalue weighted by molar-refractivity contribution is 4.90. The Morgan fingerprint density at radius 3 is 2.81 bits per heavy atom. The van der Waals surface area contributed by atoms with E-state index in [2.05, 4.69) is 24.1 Å². The molecular formula is C13H26N2O. The van der Waals surface area contributed by atoms with Gasteiger partial charge in [-0.3, -0.25) is 0 Å². The number of hydrogen-bond donors (Lipinski definition) is 1. The van der Waals surface area contributed by atoms with Gasteiger partial charge in [0.25, 0.3) is 0 Å². The summed E-state index contributed by atoms with van der Waals surface area (Å²) < 4.78 is 5.93. The van der Waals surface area contributed by atoms with Crippen LogP contribution >= 0.6 is 0 Å². The first kappa shape index (κ1) is 12.3. The number of ether oxygens (including phenoxy) is 1.